The third-order valence-electron chi connectivity index (χ3n) is 3.58. The molecule has 114 valence electrons. The Morgan fingerprint density at radius 1 is 1.29 bits per heavy atom. The van der Waals surface area contributed by atoms with Crippen LogP contribution in [0.5, 0.6) is 0 Å². The number of benzene rings is 1. The van der Waals surface area contributed by atoms with Gasteiger partial charge in [0.25, 0.3) is 5.91 Å². The van der Waals surface area contributed by atoms with Crippen LogP contribution in [-0.4, -0.2) is 34.5 Å². The van der Waals surface area contributed by atoms with E-state index in [0.717, 1.165) is 24.2 Å². The topological polar surface area (TPSA) is 87.3 Å². The van der Waals surface area contributed by atoms with Crippen LogP contribution in [0.3, 0.4) is 0 Å². The molecule has 0 bridgehead atoms. The zero-order valence-corrected chi connectivity index (χ0v) is 13.1. The van der Waals surface area contributed by atoms with Crippen molar-refractivity contribution < 1.29 is 13.2 Å². The number of carbonyl (C=O) groups excluding carboxylic acids is 1. The zero-order chi connectivity index (χ0) is 15.6. The first-order valence-electron chi connectivity index (χ1n) is 6.60. The molecule has 1 heterocycles. The summed E-state index contributed by atoms with van der Waals surface area (Å²) in [5, 5.41) is 5.86. The molecule has 0 unspecified atom stereocenters. The van der Waals surface area contributed by atoms with Gasteiger partial charge in [-0.3, -0.25) is 4.79 Å². The summed E-state index contributed by atoms with van der Waals surface area (Å²) in [5.41, 5.74) is 3.06. The van der Waals surface area contributed by atoms with Gasteiger partial charge in [-0.05, 0) is 44.2 Å². The molecule has 0 aliphatic carbocycles. The van der Waals surface area contributed by atoms with E-state index >= 15 is 0 Å². The summed E-state index contributed by atoms with van der Waals surface area (Å²) in [6.07, 6.45) is 0. The molecule has 6 nitrogen and oxygen atoms in total. The van der Waals surface area contributed by atoms with Crippen molar-refractivity contribution in [2.45, 2.75) is 18.7 Å². The number of carbonyl (C=O) groups is 1. The second-order valence-corrected chi connectivity index (χ2v) is 6.86. The van der Waals surface area contributed by atoms with Crippen molar-refractivity contribution in [3.05, 3.63) is 34.9 Å². The predicted molar refractivity (Wildman–Crippen MR) is 81.6 cm³/mol. The molecular weight excluding hydrogens is 290 g/mol. The Morgan fingerprint density at radius 2 is 1.95 bits per heavy atom. The van der Waals surface area contributed by atoms with Crippen LogP contribution in [0.4, 0.5) is 5.69 Å². The van der Waals surface area contributed by atoms with Gasteiger partial charge >= 0.3 is 0 Å². The Balaban J connectivity index is 2.28. The number of rotatable bonds is 4. The highest BCUT2D eigenvalue weighted by molar-refractivity contribution is 7.89. The number of sulfonamides is 1. The number of hydrogen-bond acceptors (Lipinski definition) is 4. The maximum absolute atomic E-state index is 12.2. The molecule has 0 spiro atoms. The van der Waals surface area contributed by atoms with Crippen molar-refractivity contribution >= 4 is 21.6 Å². The largest absolute Gasteiger partial charge is 0.322 e. The SMILES string of the molecule is CNS(=O)(=O)c1ccc(C)c(NC(=O)C(C)=C2CNC2)c1. The van der Waals surface area contributed by atoms with E-state index < -0.39 is 10.0 Å². The van der Waals surface area contributed by atoms with E-state index in [-0.39, 0.29) is 10.8 Å². The van der Waals surface area contributed by atoms with E-state index in [1.54, 1.807) is 13.0 Å². The summed E-state index contributed by atoms with van der Waals surface area (Å²) < 4.78 is 25.9. The molecule has 1 aromatic carbocycles. The number of nitrogens with one attached hydrogen (secondary N) is 3. The lowest BCUT2D eigenvalue weighted by molar-refractivity contribution is -0.112. The second kappa shape index (κ2) is 5.97. The van der Waals surface area contributed by atoms with Gasteiger partial charge < -0.3 is 10.6 Å². The average Bonchev–Trinajstić information content (AvgIpc) is 2.38. The summed E-state index contributed by atoms with van der Waals surface area (Å²) in [7, 11) is -2.17. The normalized spacial score (nSPS) is 14.5. The van der Waals surface area contributed by atoms with Crippen molar-refractivity contribution in [2.24, 2.45) is 0 Å². The minimum absolute atomic E-state index is 0.126. The van der Waals surface area contributed by atoms with Gasteiger partial charge in [0.2, 0.25) is 10.0 Å². The lowest BCUT2D eigenvalue weighted by Gasteiger charge is -2.21. The van der Waals surface area contributed by atoms with Crippen LogP contribution < -0.4 is 15.4 Å². The Hall–Kier alpha value is -1.70. The molecule has 1 saturated heterocycles. The molecule has 21 heavy (non-hydrogen) atoms. The fraction of sp³-hybridized carbons (Fsp3) is 0.357. The highest BCUT2D eigenvalue weighted by atomic mass is 32.2. The summed E-state index contributed by atoms with van der Waals surface area (Å²) >= 11 is 0. The molecule has 1 aliphatic heterocycles. The predicted octanol–water partition coefficient (Wildman–Crippen LogP) is 0.761. The fourth-order valence-electron chi connectivity index (χ4n) is 1.91. The number of anilines is 1. The standard InChI is InChI=1S/C14H19N3O3S/c1-9-4-5-12(21(19,20)15-3)6-13(9)17-14(18)10(2)11-7-16-8-11/h4-6,15-16H,7-8H2,1-3H3,(H,17,18). The summed E-state index contributed by atoms with van der Waals surface area (Å²) in [6.45, 7) is 5.05. The van der Waals surface area contributed by atoms with Crippen LogP contribution in [0.25, 0.3) is 0 Å². The Bertz CT molecular complexity index is 702. The molecule has 7 heteroatoms. The number of hydrogen-bond donors (Lipinski definition) is 3. The molecule has 1 aliphatic rings. The van der Waals surface area contributed by atoms with Crippen LogP contribution in [0.1, 0.15) is 12.5 Å². The van der Waals surface area contributed by atoms with Gasteiger partial charge in [0.15, 0.2) is 0 Å². The molecule has 0 atom stereocenters. The minimum Gasteiger partial charge on any atom is -0.322 e. The maximum atomic E-state index is 12.2. The van der Waals surface area contributed by atoms with E-state index in [9.17, 15) is 13.2 Å². The van der Waals surface area contributed by atoms with E-state index in [0.29, 0.717) is 11.3 Å². The van der Waals surface area contributed by atoms with Crippen molar-refractivity contribution in [3.63, 3.8) is 0 Å². The van der Waals surface area contributed by atoms with E-state index in [4.69, 9.17) is 0 Å². The highest BCUT2D eigenvalue weighted by Gasteiger charge is 2.18. The van der Waals surface area contributed by atoms with E-state index in [1.165, 1.54) is 19.2 Å². The minimum atomic E-state index is -3.53. The van der Waals surface area contributed by atoms with Gasteiger partial charge in [0, 0.05) is 24.4 Å². The quantitative estimate of drug-likeness (QED) is 0.717. The summed E-state index contributed by atoms with van der Waals surface area (Å²) in [4.78, 5) is 12.3. The second-order valence-electron chi connectivity index (χ2n) is 4.97. The molecule has 1 fully saturated rings. The first-order chi connectivity index (χ1) is 9.85. The maximum Gasteiger partial charge on any atom is 0.251 e. The first kappa shape index (κ1) is 15.7. The van der Waals surface area contributed by atoms with Crippen molar-refractivity contribution in [1.29, 1.82) is 0 Å². The zero-order valence-electron chi connectivity index (χ0n) is 12.3. The van der Waals surface area contributed by atoms with Gasteiger partial charge in [-0.2, -0.15) is 0 Å². The van der Waals surface area contributed by atoms with Crippen LogP contribution in [-0.2, 0) is 14.8 Å². The summed E-state index contributed by atoms with van der Waals surface area (Å²) in [5.74, 6) is -0.200. The Morgan fingerprint density at radius 3 is 2.48 bits per heavy atom. The van der Waals surface area contributed by atoms with Crippen LogP contribution in [0.2, 0.25) is 0 Å². The highest BCUT2D eigenvalue weighted by Crippen LogP contribution is 2.21. The first-order valence-corrected chi connectivity index (χ1v) is 8.08. The summed E-state index contributed by atoms with van der Waals surface area (Å²) in [6, 6.07) is 4.65. The van der Waals surface area contributed by atoms with Gasteiger partial charge in [0.05, 0.1) is 4.90 Å². The van der Waals surface area contributed by atoms with Crippen molar-refractivity contribution in [1.82, 2.24) is 10.0 Å². The smallest absolute Gasteiger partial charge is 0.251 e. The molecule has 1 aromatic rings. The Labute approximate surface area is 124 Å². The van der Waals surface area contributed by atoms with Crippen LogP contribution in [0.15, 0.2) is 34.2 Å². The molecule has 0 saturated carbocycles. The lowest BCUT2D eigenvalue weighted by Crippen LogP contribution is -2.36. The molecule has 1 amide bonds. The third-order valence-corrected chi connectivity index (χ3v) is 5.00. The van der Waals surface area contributed by atoms with Crippen molar-refractivity contribution in [3.8, 4) is 0 Å². The fourth-order valence-corrected chi connectivity index (χ4v) is 2.67. The Kier molecular flexibility index (Phi) is 4.46. The van der Waals surface area contributed by atoms with Gasteiger partial charge in [-0.25, -0.2) is 13.1 Å². The molecular formula is C14H19N3O3S. The van der Waals surface area contributed by atoms with Gasteiger partial charge in [0.1, 0.15) is 0 Å². The third kappa shape index (κ3) is 3.31. The molecule has 2 rings (SSSR count). The van der Waals surface area contributed by atoms with Crippen LogP contribution in [0, 0.1) is 6.92 Å². The number of amides is 1. The van der Waals surface area contributed by atoms with E-state index in [2.05, 4.69) is 15.4 Å². The van der Waals surface area contributed by atoms with Gasteiger partial charge in [-0.15, -0.1) is 0 Å². The average molecular weight is 309 g/mol. The molecule has 3 N–H and O–H groups in total. The molecule has 0 aromatic heterocycles. The van der Waals surface area contributed by atoms with Crippen molar-refractivity contribution in [2.75, 3.05) is 25.5 Å². The monoisotopic (exact) mass is 309 g/mol. The lowest BCUT2D eigenvalue weighted by atomic mass is 10.0. The van der Waals surface area contributed by atoms with Crippen LogP contribution >= 0.6 is 0 Å². The number of aryl methyl sites for hydroxylation is 1. The van der Waals surface area contributed by atoms with Gasteiger partial charge in [-0.1, -0.05) is 6.07 Å². The molecule has 0 radical (unpaired) electrons. The van der Waals surface area contributed by atoms with E-state index in [1.807, 2.05) is 6.92 Å².